The van der Waals surface area contributed by atoms with Crippen LogP contribution >= 0.6 is 0 Å². The third-order valence-electron chi connectivity index (χ3n) is 0. The standard InChI is InChI=1S/Cu.H4O4Si.Sb.Sn.5H/c;1-5(2,3)4;;;;;;;/h;1-4H;;;;;;;. The average molecular weight is 405 g/mol. The van der Waals surface area contributed by atoms with E-state index in [1.807, 2.05) is 0 Å². The molecule has 0 spiro atoms. The van der Waals surface area contributed by atoms with Gasteiger partial charge >= 0.3 is 57.4 Å². The Morgan fingerprint density at radius 2 is 0.875 bits per heavy atom. The monoisotopic (exact) mass is 405 g/mol. The van der Waals surface area contributed by atoms with E-state index in [0.717, 1.165) is 0 Å². The molecule has 0 heterocycles. The zero-order valence-corrected chi connectivity index (χ0v) is 14.0. The van der Waals surface area contributed by atoms with E-state index in [0.29, 0.717) is 0 Å². The van der Waals surface area contributed by atoms with Crippen molar-refractivity contribution in [3.05, 3.63) is 0 Å². The van der Waals surface area contributed by atoms with Gasteiger partial charge < -0.3 is 19.2 Å². The predicted octanol–water partition coefficient (Wildman–Crippen LogP) is -4.71. The summed E-state index contributed by atoms with van der Waals surface area (Å²) in [5.41, 5.74) is 0. The molecule has 0 atom stereocenters. The fraction of sp³-hybridized carbons (Fsp3) is 0. The fourth-order valence-electron chi connectivity index (χ4n) is 0. The summed E-state index contributed by atoms with van der Waals surface area (Å²) in [5, 5.41) is 0. The molecular formula is H9CuO4SbSiSn. The van der Waals surface area contributed by atoms with Gasteiger partial charge in [-0.05, 0) is 0 Å². The summed E-state index contributed by atoms with van der Waals surface area (Å²) in [6.07, 6.45) is 0. The SMILES string of the molecule is O[Si](O)(O)O.[Cu].[SbH3].[SnH2]. The van der Waals surface area contributed by atoms with Crippen LogP contribution < -0.4 is 0 Å². The topological polar surface area (TPSA) is 80.9 Å². The maximum absolute atomic E-state index is 7.33. The van der Waals surface area contributed by atoms with Gasteiger partial charge in [-0.3, -0.25) is 0 Å². The second-order valence-corrected chi connectivity index (χ2v) is 1.80. The molecule has 3 radical (unpaired) electrons. The van der Waals surface area contributed by atoms with E-state index in [4.69, 9.17) is 19.2 Å². The van der Waals surface area contributed by atoms with E-state index in [-0.39, 0.29) is 65.4 Å². The van der Waals surface area contributed by atoms with Gasteiger partial charge in [0.2, 0.25) is 0 Å². The Labute approximate surface area is 92.7 Å². The zero-order valence-electron chi connectivity index (χ0n) is 4.00. The van der Waals surface area contributed by atoms with Crippen molar-refractivity contribution in [2.45, 2.75) is 0 Å². The van der Waals surface area contributed by atoms with Crippen LogP contribution in [-0.2, 0) is 17.1 Å². The van der Waals surface area contributed by atoms with Crippen LogP contribution in [0.5, 0.6) is 0 Å². The Kier molecular flexibility index (Phi) is 25.8. The molecule has 0 aromatic carbocycles. The summed E-state index contributed by atoms with van der Waals surface area (Å²) >= 11 is 0. The first-order valence-electron chi connectivity index (χ1n) is 0.894. The van der Waals surface area contributed by atoms with Crippen LogP contribution in [0.4, 0.5) is 0 Å². The molecule has 57 valence electrons. The van der Waals surface area contributed by atoms with Gasteiger partial charge in [-0.25, -0.2) is 0 Å². The first kappa shape index (κ1) is 22.5. The normalized spacial score (nSPS) is 7.50. The number of hydrogen-bond acceptors (Lipinski definition) is 4. The molecule has 0 fully saturated rings. The molecule has 0 saturated heterocycles. The van der Waals surface area contributed by atoms with Gasteiger partial charge in [0, 0.05) is 17.1 Å². The molecule has 0 bridgehead atoms. The van der Waals surface area contributed by atoms with Crippen molar-refractivity contribution in [1.82, 2.24) is 0 Å². The molecule has 0 aliphatic carbocycles. The van der Waals surface area contributed by atoms with Crippen molar-refractivity contribution >= 4 is 57.4 Å². The van der Waals surface area contributed by atoms with Crippen LogP contribution in [0, 0.1) is 0 Å². The molecule has 0 aromatic rings. The zero-order chi connectivity index (χ0) is 4.50. The van der Waals surface area contributed by atoms with Gasteiger partial charge in [-0.15, -0.1) is 0 Å². The molecule has 0 unspecified atom stereocenters. The molecular weight excluding hydrogens is 396 g/mol. The molecule has 4 N–H and O–H groups in total. The first-order valence-corrected chi connectivity index (χ1v) is 2.68. The minimum atomic E-state index is -4.61. The van der Waals surface area contributed by atoms with Crippen LogP contribution in [0.15, 0.2) is 0 Å². The Hall–Kier alpha value is 2.19. The summed E-state index contributed by atoms with van der Waals surface area (Å²) in [7, 11) is -4.61. The average Bonchev–Trinajstić information content (AvgIpc) is 0.722. The van der Waals surface area contributed by atoms with E-state index in [9.17, 15) is 0 Å². The van der Waals surface area contributed by atoms with Gasteiger partial charge in [-0.2, -0.15) is 0 Å². The summed E-state index contributed by atoms with van der Waals surface area (Å²) in [4.78, 5) is 29.3. The van der Waals surface area contributed by atoms with Crippen LogP contribution in [0.1, 0.15) is 0 Å². The van der Waals surface area contributed by atoms with E-state index in [2.05, 4.69) is 0 Å². The van der Waals surface area contributed by atoms with Crippen LogP contribution in [-0.4, -0.2) is 76.6 Å². The van der Waals surface area contributed by atoms with Crippen molar-refractivity contribution in [2.75, 3.05) is 0 Å². The van der Waals surface area contributed by atoms with Crippen LogP contribution in [0.2, 0.25) is 0 Å². The third kappa shape index (κ3) is 88.1. The van der Waals surface area contributed by atoms with Crippen LogP contribution in [0.3, 0.4) is 0 Å². The molecule has 0 aliphatic heterocycles. The summed E-state index contributed by atoms with van der Waals surface area (Å²) in [6.45, 7) is 0. The molecule has 0 aromatic heterocycles. The van der Waals surface area contributed by atoms with E-state index in [1.54, 1.807) is 0 Å². The fourth-order valence-corrected chi connectivity index (χ4v) is 0. The van der Waals surface area contributed by atoms with Crippen molar-refractivity contribution in [3.63, 3.8) is 0 Å². The molecule has 8 heteroatoms. The first-order chi connectivity index (χ1) is 2.00. The van der Waals surface area contributed by atoms with Gasteiger partial charge in [0.1, 0.15) is 0 Å². The minimum absolute atomic E-state index is 0. The summed E-state index contributed by atoms with van der Waals surface area (Å²) in [5.74, 6) is 0. The van der Waals surface area contributed by atoms with Crippen molar-refractivity contribution in [3.8, 4) is 0 Å². The third-order valence-corrected chi connectivity index (χ3v) is 0. The van der Waals surface area contributed by atoms with E-state index in [1.165, 1.54) is 0 Å². The van der Waals surface area contributed by atoms with E-state index >= 15 is 0 Å². The molecule has 0 amide bonds. The van der Waals surface area contributed by atoms with Crippen molar-refractivity contribution in [1.29, 1.82) is 0 Å². The molecule has 0 aliphatic rings. The van der Waals surface area contributed by atoms with Gasteiger partial charge in [0.05, 0.1) is 0 Å². The Morgan fingerprint density at radius 1 is 0.875 bits per heavy atom. The maximum atomic E-state index is 7.33. The molecule has 0 rings (SSSR count). The molecule has 8 heavy (non-hydrogen) atoms. The van der Waals surface area contributed by atoms with E-state index < -0.39 is 9.05 Å². The Balaban J connectivity index is -0.0000000267. The Morgan fingerprint density at radius 3 is 0.875 bits per heavy atom. The van der Waals surface area contributed by atoms with Gasteiger partial charge in [0.25, 0.3) is 0 Å². The quantitative estimate of drug-likeness (QED) is 0.306. The Bertz CT molecular complexity index is 31.5. The second-order valence-electron chi connectivity index (χ2n) is 0.600. The predicted molar refractivity (Wildman–Crippen MR) is 33.1 cm³/mol. The second kappa shape index (κ2) is 9.19. The molecule has 4 nitrogen and oxygen atoms in total. The van der Waals surface area contributed by atoms with Gasteiger partial charge in [0.15, 0.2) is 0 Å². The molecule has 0 saturated carbocycles. The van der Waals surface area contributed by atoms with Crippen LogP contribution in [0.25, 0.3) is 0 Å². The number of rotatable bonds is 0. The van der Waals surface area contributed by atoms with Crippen molar-refractivity contribution < 1.29 is 36.3 Å². The van der Waals surface area contributed by atoms with Gasteiger partial charge in [-0.1, -0.05) is 0 Å². The number of hydrogen-bond donors (Lipinski definition) is 4. The summed E-state index contributed by atoms with van der Waals surface area (Å²) in [6, 6.07) is 0. The summed E-state index contributed by atoms with van der Waals surface area (Å²) < 4.78 is 0. The van der Waals surface area contributed by atoms with Crippen molar-refractivity contribution in [2.24, 2.45) is 0 Å².